The van der Waals surface area contributed by atoms with Crippen molar-refractivity contribution in [1.29, 1.82) is 5.26 Å². The Morgan fingerprint density at radius 3 is 2.39 bits per heavy atom. The zero-order chi connectivity index (χ0) is 16.7. The topological polar surface area (TPSA) is 71.3 Å². The molecule has 0 unspecified atom stereocenters. The minimum atomic E-state index is -0.334. The van der Waals surface area contributed by atoms with E-state index in [2.05, 4.69) is 5.32 Å². The van der Waals surface area contributed by atoms with E-state index >= 15 is 0 Å². The van der Waals surface area contributed by atoms with Crippen LogP contribution in [0.5, 0.6) is 11.5 Å². The van der Waals surface area contributed by atoms with Crippen molar-refractivity contribution in [1.82, 2.24) is 5.32 Å². The van der Waals surface area contributed by atoms with Crippen LogP contribution in [0.25, 0.3) is 6.08 Å². The average Bonchev–Trinajstić information content (AvgIpc) is 2.61. The van der Waals surface area contributed by atoms with Crippen LogP contribution in [0.15, 0.2) is 54.2 Å². The Kier molecular flexibility index (Phi) is 5.37. The van der Waals surface area contributed by atoms with Crippen LogP contribution in [0.3, 0.4) is 0 Å². The summed E-state index contributed by atoms with van der Waals surface area (Å²) < 4.78 is 10.4. The molecule has 0 spiro atoms. The molecule has 116 valence electrons. The van der Waals surface area contributed by atoms with Crippen molar-refractivity contribution in [3.05, 3.63) is 65.4 Å². The molecule has 2 aromatic carbocycles. The number of benzene rings is 2. The van der Waals surface area contributed by atoms with Gasteiger partial charge < -0.3 is 14.8 Å². The first kappa shape index (κ1) is 16.1. The highest BCUT2D eigenvalue weighted by molar-refractivity contribution is 5.96. The van der Waals surface area contributed by atoms with E-state index in [1.807, 2.05) is 12.1 Å². The van der Waals surface area contributed by atoms with Gasteiger partial charge in [0.05, 0.1) is 14.2 Å². The average molecular weight is 308 g/mol. The molecule has 0 aromatic heterocycles. The van der Waals surface area contributed by atoms with E-state index in [0.717, 1.165) is 0 Å². The Hall–Kier alpha value is -3.26. The Morgan fingerprint density at radius 1 is 1.09 bits per heavy atom. The van der Waals surface area contributed by atoms with Gasteiger partial charge >= 0.3 is 0 Å². The largest absolute Gasteiger partial charge is 0.493 e. The van der Waals surface area contributed by atoms with Crippen LogP contribution in [0.4, 0.5) is 0 Å². The molecule has 23 heavy (non-hydrogen) atoms. The molecule has 0 radical (unpaired) electrons. The van der Waals surface area contributed by atoms with Crippen LogP contribution in [0.1, 0.15) is 15.9 Å². The van der Waals surface area contributed by atoms with Gasteiger partial charge in [0.15, 0.2) is 11.5 Å². The highest BCUT2D eigenvalue weighted by Gasteiger charge is 2.08. The molecule has 0 aliphatic heterocycles. The molecular formula is C18H16N2O3. The molecule has 1 N–H and O–H groups in total. The fraction of sp³-hybridized carbons (Fsp3) is 0.111. The number of nitriles is 1. The van der Waals surface area contributed by atoms with Gasteiger partial charge in [-0.2, -0.15) is 5.26 Å². The fourth-order valence-electron chi connectivity index (χ4n) is 1.99. The number of nitrogens with one attached hydrogen (secondary N) is 1. The van der Waals surface area contributed by atoms with Gasteiger partial charge in [0.2, 0.25) is 0 Å². The van der Waals surface area contributed by atoms with Crippen LogP contribution in [0.2, 0.25) is 0 Å². The Bertz CT molecular complexity index is 762. The summed E-state index contributed by atoms with van der Waals surface area (Å²) in [5.41, 5.74) is 1.35. The van der Waals surface area contributed by atoms with Crippen molar-refractivity contribution in [3.8, 4) is 17.6 Å². The molecule has 5 heteroatoms. The molecule has 0 fully saturated rings. The third-order valence-corrected chi connectivity index (χ3v) is 3.12. The van der Waals surface area contributed by atoms with Gasteiger partial charge in [-0.3, -0.25) is 4.79 Å². The second kappa shape index (κ2) is 7.66. The highest BCUT2D eigenvalue weighted by atomic mass is 16.5. The van der Waals surface area contributed by atoms with Crippen LogP contribution >= 0.6 is 0 Å². The maximum atomic E-state index is 12.1. The summed E-state index contributed by atoms with van der Waals surface area (Å²) in [6, 6.07) is 15.9. The van der Waals surface area contributed by atoms with E-state index in [1.165, 1.54) is 7.11 Å². The van der Waals surface area contributed by atoms with Gasteiger partial charge in [0.25, 0.3) is 5.91 Å². The lowest BCUT2D eigenvalue weighted by molar-refractivity contribution is 0.0968. The lowest BCUT2D eigenvalue weighted by Crippen LogP contribution is -2.21. The normalized spacial score (nSPS) is 10.6. The van der Waals surface area contributed by atoms with Gasteiger partial charge in [0.1, 0.15) is 11.8 Å². The van der Waals surface area contributed by atoms with E-state index in [9.17, 15) is 10.1 Å². The summed E-state index contributed by atoms with van der Waals surface area (Å²) in [7, 11) is 3.09. The minimum absolute atomic E-state index is 0.145. The first-order valence-corrected chi connectivity index (χ1v) is 6.88. The van der Waals surface area contributed by atoms with Crippen molar-refractivity contribution in [2.24, 2.45) is 0 Å². The lowest BCUT2D eigenvalue weighted by atomic mass is 10.1. The molecule has 0 aliphatic rings. The molecular weight excluding hydrogens is 292 g/mol. The monoisotopic (exact) mass is 308 g/mol. The second-order valence-electron chi connectivity index (χ2n) is 4.60. The number of carbonyl (C=O) groups excluding carboxylic acids is 1. The number of rotatable bonds is 5. The smallest absolute Gasteiger partial charge is 0.256 e. The number of nitrogens with zero attached hydrogens (tertiary/aromatic N) is 1. The molecule has 0 atom stereocenters. The van der Waals surface area contributed by atoms with E-state index in [4.69, 9.17) is 9.47 Å². The standard InChI is InChI=1S/C18H16N2O3/c1-22-16-9-8-13(11-17(16)23-2)10-15(12-19)20-18(21)14-6-4-3-5-7-14/h3-11H,1-2H3,(H,20,21). The third kappa shape index (κ3) is 4.11. The molecule has 0 bridgehead atoms. The quantitative estimate of drug-likeness (QED) is 0.862. The molecule has 0 saturated heterocycles. The number of methoxy groups -OCH3 is 2. The van der Waals surface area contributed by atoms with Crippen molar-refractivity contribution >= 4 is 12.0 Å². The summed E-state index contributed by atoms with van der Waals surface area (Å²) in [6.07, 6.45) is 1.57. The van der Waals surface area contributed by atoms with Gasteiger partial charge in [-0.05, 0) is 35.9 Å². The van der Waals surface area contributed by atoms with Crippen molar-refractivity contribution in [2.45, 2.75) is 0 Å². The lowest BCUT2D eigenvalue weighted by Gasteiger charge is -2.08. The zero-order valence-electron chi connectivity index (χ0n) is 12.9. The summed E-state index contributed by atoms with van der Waals surface area (Å²) >= 11 is 0. The predicted octanol–water partition coefficient (Wildman–Crippen LogP) is 3.00. The fourth-order valence-corrected chi connectivity index (χ4v) is 1.99. The number of carbonyl (C=O) groups is 1. The molecule has 0 heterocycles. The third-order valence-electron chi connectivity index (χ3n) is 3.12. The summed E-state index contributed by atoms with van der Waals surface area (Å²) in [5.74, 6) is 0.809. The highest BCUT2D eigenvalue weighted by Crippen LogP contribution is 2.28. The van der Waals surface area contributed by atoms with Crippen LogP contribution < -0.4 is 14.8 Å². The van der Waals surface area contributed by atoms with E-state index in [1.54, 1.807) is 55.7 Å². The second-order valence-corrected chi connectivity index (χ2v) is 4.60. The number of allylic oxidation sites excluding steroid dienone is 1. The van der Waals surface area contributed by atoms with E-state index < -0.39 is 0 Å². The van der Waals surface area contributed by atoms with Crippen molar-refractivity contribution < 1.29 is 14.3 Å². The first-order valence-electron chi connectivity index (χ1n) is 6.88. The summed E-state index contributed by atoms with van der Waals surface area (Å²) in [4.78, 5) is 12.1. The number of hydrogen-bond acceptors (Lipinski definition) is 4. The first-order chi connectivity index (χ1) is 11.2. The molecule has 2 aromatic rings. The van der Waals surface area contributed by atoms with E-state index in [-0.39, 0.29) is 11.6 Å². The Morgan fingerprint density at radius 2 is 1.78 bits per heavy atom. The maximum Gasteiger partial charge on any atom is 0.256 e. The maximum absolute atomic E-state index is 12.1. The van der Waals surface area contributed by atoms with Gasteiger partial charge in [-0.1, -0.05) is 24.3 Å². The van der Waals surface area contributed by atoms with Crippen molar-refractivity contribution in [3.63, 3.8) is 0 Å². The Balaban J connectivity index is 2.22. The van der Waals surface area contributed by atoms with Crippen LogP contribution in [-0.4, -0.2) is 20.1 Å². The summed E-state index contributed by atoms with van der Waals surface area (Å²) in [5, 5.41) is 11.8. The number of ether oxygens (including phenoxy) is 2. The molecule has 0 saturated carbocycles. The van der Waals surface area contributed by atoms with Crippen molar-refractivity contribution in [2.75, 3.05) is 14.2 Å². The summed E-state index contributed by atoms with van der Waals surface area (Å²) in [6.45, 7) is 0. The SMILES string of the molecule is COc1ccc(C=C(C#N)NC(=O)c2ccccc2)cc1OC. The molecule has 2 rings (SSSR count). The predicted molar refractivity (Wildman–Crippen MR) is 87.0 cm³/mol. The van der Waals surface area contributed by atoms with Crippen LogP contribution in [0, 0.1) is 11.3 Å². The minimum Gasteiger partial charge on any atom is -0.493 e. The number of amides is 1. The van der Waals surface area contributed by atoms with Gasteiger partial charge in [-0.15, -0.1) is 0 Å². The zero-order valence-corrected chi connectivity index (χ0v) is 12.9. The van der Waals surface area contributed by atoms with Gasteiger partial charge in [-0.25, -0.2) is 0 Å². The van der Waals surface area contributed by atoms with Gasteiger partial charge in [0, 0.05) is 5.56 Å². The molecule has 0 aliphatic carbocycles. The molecule has 1 amide bonds. The van der Waals surface area contributed by atoms with Crippen LogP contribution in [-0.2, 0) is 0 Å². The number of hydrogen-bond donors (Lipinski definition) is 1. The van der Waals surface area contributed by atoms with E-state index in [0.29, 0.717) is 22.6 Å². The Labute approximate surface area is 134 Å². The molecule has 5 nitrogen and oxygen atoms in total.